The van der Waals surface area contributed by atoms with Gasteiger partial charge >= 0.3 is 5.97 Å². The number of ether oxygens (including phenoxy) is 2. The Bertz CT molecular complexity index is 616. The smallest absolute Gasteiger partial charge is 0.337 e. The van der Waals surface area contributed by atoms with E-state index >= 15 is 0 Å². The molecular weight excluding hydrogens is 272 g/mol. The van der Waals surface area contributed by atoms with Gasteiger partial charge in [-0.1, -0.05) is 6.07 Å². The van der Waals surface area contributed by atoms with Gasteiger partial charge in [-0.25, -0.2) is 9.78 Å². The van der Waals surface area contributed by atoms with Crippen LogP contribution in [0.25, 0.3) is 0 Å². The second-order valence-electron chi connectivity index (χ2n) is 4.88. The highest BCUT2D eigenvalue weighted by molar-refractivity contribution is 5.89. The van der Waals surface area contributed by atoms with E-state index in [1.807, 2.05) is 0 Å². The third kappa shape index (κ3) is 2.68. The van der Waals surface area contributed by atoms with Gasteiger partial charge < -0.3 is 14.6 Å². The maximum Gasteiger partial charge on any atom is 0.337 e. The first-order valence-corrected chi connectivity index (χ1v) is 6.47. The van der Waals surface area contributed by atoms with Crippen LogP contribution in [0.1, 0.15) is 24.8 Å². The molecule has 1 N–H and O–H groups in total. The molecule has 0 spiro atoms. The highest BCUT2D eigenvalue weighted by Gasteiger charge is 2.40. The topological polar surface area (TPSA) is 92.4 Å². The zero-order valence-electron chi connectivity index (χ0n) is 11.9. The number of allylic oxidation sites excluding steroid dienone is 1. The molecule has 0 bridgehead atoms. The molecule has 0 fully saturated rings. The van der Waals surface area contributed by atoms with Crippen molar-refractivity contribution in [3.8, 4) is 11.9 Å². The SMILES string of the molecule is COC(=O)C1=C(O)CCC(C#N)(c2ccc(OC)nc2)C1. The number of pyridine rings is 1. The summed E-state index contributed by atoms with van der Waals surface area (Å²) in [5.41, 5.74) is -0.0458. The normalized spacial score (nSPS) is 21.6. The average molecular weight is 288 g/mol. The molecule has 6 nitrogen and oxygen atoms in total. The van der Waals surface area contributed by atoms with Crippen molar-refractivity contribution in [1.82, 2.24) is 4.98 Å². The molecule has 1 atom stereocenters. The predicted molar refractivity (Wildman–Crippen MR) is 73.6 cm³/mol. The summed E-state index contributed by atoms with van der Waals surface area (Å²) in [5.74, 6) is -0.156. The van der Waals surface area contributed by atoms with Gasteiger partial charge in [0.2, 0.25) is 5.88 Å². The van der Waals surface area contributed by atoms with E-state index in [-0.39, 0.29) is 24.2 Å². The van der Waals surface area contributed by atoms with Crippen molar-refractivity contribution < 1.29 is 19.4 Å². The summed E-state index contributed by atoms with van der Waals surface area (Å²) in [7, 11) is 2.76. The molecule has 2 rings (SSSR count). The van der Waals surface area contributed by atoms with Crippen LogP contribution < -0.4 is 4.74 Å². The maximum absolute atomic E-state index is 11.7. The molecule has 110 valence electrons. The van der Waals surface area contributed by atoms with Gasteiger partial charge in [0.05, 0.1) is 31.3 Å². The van der Waals surface area contributed by atoms with Crippen LogP contribution in [0.15, 0.2) is 29.7 Å². The van der Waals surface area contributed by atoms with Gasteiger partial charge in [-0.05, 0) is 12.0 Å². The molecule has 21 heavy (non-hydrogen) atoms. The fraction of sp³-hybridized carbons (Fsp3) is 0.400. The number of methoxy groups -OCH3 is 2. The number of hydrogen-bond donors (Lipinski definition) is 1. The van der Waals surface area contributed by atoms with E-state index < -0.39 is 11.4 Å². The summed E-state index contributed by atoms with van der Waals surface area (Å²) in [6.07, 6.45) is 2.35. The Balaban J connectivity index is 2.39. The Morgan fingerprint density at radius 3 is 2.76 bits per heavy atom. The van der Waals surface area contributed by atoms with Crippen LogP contribution in [0.4, 0.5) is 0 Å². The minimum atomic E-state index is -0.894. The van der Waals surface area contributed by atoms with E-state index in [4.69, 9.17) is 4.74 Å². The zero-order chi connectivity index (χ0) is 15.5. The lowest BCUT2D eigenvalue weighted by molar-refractivity contribution is -0.136. The Kier molecular flexibility index (Phi) is 4.13. The number of rotatable bonds is 3. The Morgan fingerprint density at radius 2 is 2.24 bits per heavy atom. The van der Waals surface area contributed by atoms with E-state index in [2.05, 4.69) is 15.8 Å². The van der Waals surface area contributed by atoms with Crippen LogP contribution in [-0.2, 0) is 14.9 Å². The fourth-order valence-electron chi connectivity index (χ4n) is 2.48. The number of carbonyl (C=O) groups excluding carboxylic acids is 1. The molecule has 0 aromatic carbocycles. The molecule has 0 saturated carbocycles. The molecule has 1 aliphatic rings. The third-order valence-electron chi connectivity index (χ3n) is 3.76. The van der Waals surface area contributed by atoms with E-state index in [9.17, 15) is 15.2 Å². The minimum absolute atomic E-state index is 0.00537. The number of carbonyl (C=O) groups is 1. The second kappa shape index (κ2) is 5.83. The lowest BCUT2D eigenvalue weighted by Crippen LogP contribution is -2.31. The van der Waals surface area contributed by atoms with Crippen LogP contribution >= 0.6 is 0 Å². The molecule has 1 unspecified atom stereocenters. The molecule has 1 aromatic rings. The Morgan fingerprint density at radius 1 is 1.48 bits per heavy atom. The number of aliphatic hydroxyl groups excluding tert-OH is 1. The van der Waals surface area contributed by atoms with Crippen LogP contribution in [0.2, 0.25) is 0 Å². The summed E-state index contributed by atoms with van der Waals surface area (Å²) in [6, 6.07) is 5.69. The van der Waals surface area contributed by atoms with Crippen molar-refractivity contribution in [2.24, 2.45) is 0 Å². The van der Waals surface area contributed by atoms with Gasteiger partial charge in [0.15, 0.2) is 0 Å². The van der Waals surface area contributed by atoms with Crippen molar-refractivity contribution in [3.05, 3.63) is 35.2 Å². The molecule has 0 aliphatic heterocycles. The summed E-state index contributed by atoms with van der Waals surface area (Å²) < 4.78 is 9.67. The lowest BCUT2D eigenvalue weighted by Gasteiger charge is -2.31. The molecule has 1 heterocycles. The Hall–Kier alpha value is -2.55. The average Bonchev–Trinajstić information content (AvgIpc) is 2.55. The van der Waals surface area contributed by atoms with Crippen LogP contribution in [0.3, 0.4) is 0 Å². The van der Waals surface area contributed by atoms with Gasteiger partial charge in [-0.15, -0.1) is 0 Å². The summed E-state index contributed by atoms with van der Waals surface area (Å²) in [5, 5.41) is 19.5. The van der Waals surface area contributed by atoms with Crippen molar-refractivity contribution >= 4 is 5.97 Å². The monoisotopic (exact) mass is 288 g/mol. The fourth-order valence-corrected chi connectivity index (χ4v) is 2.48. The zero-order valence-corrected chi connectivity index (χ0v) is 11.9. The number of aromatic nitrogens is 1. The highest BCUT2D eigenvalue weighted by Crippen LogP contribution is 2.41. The summed E-state index contributed by atoms with van der Waals surface area (Å²) >= 11 is 0. The van der Waals surface area contributed by atoms with E-state index in [1.165, 1.54) is 14.2 Å². The molecule has 1 aromatic heterocycles. The summed E-state index contributed by atoms with van der Waals surface area (Å²) in [6.45, 7) is 0. The van der Waals surface area contributed by atoms with Crippen molar-refractivity contribution in [2.75, 3.05) is 14.2 Å². The van der Waals surface area contributed by atoms with Gasteiger partial charge in [-0.2, -0.15) is 5.26 Å². The van der Waals surface area contributed by atoms with E-state index in [0.29, 0.717) is 17.9 Å². The molecule has 0 radical (unpaired) electrons. The summed E-state index contributed by atoms with van der Waals surface area (Å²) in [4.78, 5) is 15.8. The standard InChI is InChI=1S/C15H16N2O4/c1-20-13-4-3-10(8-17-13)15(9-16)6-5-12(18)11(7-15)14(19)21-2/h3-4,8,18H,5-7H2,1-2H3. The van der Waals surface area contributed by atoms with Gasteiger partial charge in [0.1, 0.15) is 5.76 Å². The molecule has 0 saturated heterocycles. The quantitative estimate of drug-likeness (QED) is 0.855. The lowest BCUT2D eigenvalue weighted by atomic mass is 9.70. The number of esters is 1. The number of hydrogen-bond acceptors (Lipinski definition) is 6. The predicted octanol–water partition coefficient (Wildman–Crippen LogP) is 2.02. The van der Waals surface area contributed by atoms with Crippen LogP contribution in [0, 0.1) is 11.3 Å². The first-order chi connectivity index (χ1) is 10.1. The van der Waals surface area contributed by atoms with Crippen LogP contribution in [0.5, 0.6) is 5.88 Å². The van der Waals surface area contributed by atoms with E-state index in [1.54, 1.807) is 18.3 Å². The third-order valence-corrected chi connectivity index (χ3v) is 3.76. The Labute approximate surface area is 122 Å². The van der Waals surface area contributed by atoms with Crippen molar-refractivity contribution in [3.63, 3.8) is 0 Å². The first kappa shape index (κ1) is 14.9. The van der Waals surface area contributed by atoms with Gasteiger partial charge in [0, 0.05) is 25.1 Å². The van der Waals surface area contributed by atoms with Gasteiger partial charge in [-0.3, -0.25) is 0 Å². The second-order valence-corrected chi connectivity index (χ2v) is 4.88. The molecular formula is C15H16N2O4. The molecule has 1 aliphatic carbocycles. The largest absolute Gasteiger partial charge is 0.512 e. The first-order valence-electron chi connectivity index (χ1n) is 6.47. The van der Waals surface area contributed by atoms with E-state index in [0.717, 1.165) is 0 Å². The molecule has 6 heteroatoms. The highest BCUT2D eigenvalue weighted by atomic mass is 16.5. The minimum Gasteiger partial charge on any atom is -0.512 e. The number of nitriles is 1. The maximum atomic E-state index is 11.7. The van der Waals surface area contributed by atoms with Crippen molar-refractivity contribution in [1.29, 1.82) is 5.26 Å². The van der Waals surface area contributed by atoms with Gasteiger partial charge in [0.25, 0.3) is 0 Å². The molecule has 0 amide bonds. The number of nitrogens with zero attached hydrogens (tertiary/aromatic N) is 2. The number of aliphatic hydroxyl groups is 1. The van der Waals surface area contributed by atoms with Crippen LogP contribution in [-0.4, -0.2) is 30.3 Å². The van der Waals surface area contributed by atoms with Crippen molar-refractivity contribution in [2.45, 2.75) is 24.7 Å².